The number of carbonyl (C=O) groups excluding carboxylic acids is 1. The number of carbonyl (C=O) groups is 1. The van der Waals surface area contributed by atoms with Gasteiger partial charge in [0.05, 0.1) is 17.8 Å². The van der Waals surface area contributed by atoms with Crippen LogP contribution in [-0.4, -0.2) is 25.0 Å². The first-order valence-corrected chi connectivity index (χ1v) is 4.84. The Morgan fingerprint density at radius 2 is 2.43 bits per heavy atom. The van der Waals surface area contributed by atoms with Crippen LogP contribution in [0.2, 0.25) is 0 Å². The average Bonchev–Trinajstić information content (AvgIpc) is 3.01. The summed E-state index contributed by atoms with van der Waals surface area (Å²) < 4.78 is 5.60. The van der Waals surface area contributed by atoms with Crippen molar-refractivity contribution in [2.45, 2.75) is 25.0 Å². The first-order chi connectivity index (χ1) is 6.81. The van der Waals surface area contributed by atoms with E-state index in [0.717, 1.165) is 24.9 Å². The Morgan fingerprint density at radius 1 is 1.64 bits per heavy atom. The van der Waals surface area contributed by atoms with Gasteiger partial charge in [-0.3, -0.25) is 4.79 Å². The molecule has 1 atom stereocenters. The molecule has 0 aromatic rings. The van der Waals surface area contributed by atoms with Crippen LogP contribution in [0.15, 0.2) is 23.6 Å². The molecule has 2 aliphatic rings. The Kier molecular flexibility index (Phi) is 2.54. The van der Waals surface area contributed by atoms with Gasteiger partial charge in [-0.25, -0.2) is 0 Å². The lowest BCUT2D eigenvalue weighted by atomic mass is 10.1. The predicted octanol–water partition coefficient (Wildman–Crippen LogP) is 0.0626. The van der Waals surface area contributed by atoms with Crippen LogP contribution < -0.4 is 11.1 Å². The van der Waals surface area contributed by atoms with Crippen LogP contribution in [0.4, 0.5) is 0 Å². The summed E-state index contributed by atoms with van der Waals surface area (Å²) in [4.78, 5) is 10.6. The van der Waals surface area contributed by atoms with Crippen LogP contribution in [-0.2, 0) is 9.53 Å². The number of aldehydes is 1. The van der Waals surface area contributed by atoms with Crippen molar-refractivity contribution < 1.29 is 9.53 Å². The number of rotatable bonds is 4. The molecule has 1 unspecified atom stereocenters. The van der Waals surface area contributed by atoms with Crippen LogP contribution in [0.3, 0.4) is 0 Å². The third-order valence-corrected chi connectivity index (χ3v) is 2.22. The first-order valence-electron chi connectivity index (χ1n) is 4.84. The molecule has 0 radical (unpaired) electrons. The molecule has 76 valence electrons. The molecule has 14 heavy (non-hydrogen) atoms. The van der Waals surface area contributed by atoms with Gasteiger partial charge in [0.15, 0.2) is 6.29 Å². The van der Waals surface area contributed by atoms with Gasteiger partial charge in [0.2, 0.25) is 0 Å². The standard InChI is InChI=1S/C10H14N2O2/c11-5-7-3-10(14-9-1-2-9)4-8(6-13)12-7/h3-4,6-7,9,12H,1-2,5,11H2. The summed E-state index contributed by atoms with van der Waals surface area (Å²) in [6.45, 7) is 0.461. The van der Waals surface area contributed by atoms with Gasteiger partial charge in [0.25, 0.3) is 0 Å². The molecule has 1 fully saturated rings. The Morgan fingerprint density at radius 3 is 3.00 bits per heavy atom. The minimum absolute atomic E-state index is 0.00829. The quantitative estimate of drug-likeness (QED) is 0.621. The van der Waals surface area contributed by atoms with Crippen LogP contribution in [0.5, 0.6) is 0 Å². The highest BCUT2D eigenvalue weighted by Crippen LogP contribution is 2.27. The van der Waals surface area contributed by atoms with Crippen molar-refractivity contribution in [3.63, 3.8) is 0 Å². The van der Waals surface area contributed by atoms with E-state index in [1.54, 1.807) is 6.08 Å². The van der Waals surface area contributed by atoms with E-state index in [4.69, 9.17) is 10.5 Å². The summed E-state index contributed by atoms with van der Waals surface area (Å²) in [6.07, 6.45) is 7.00. The summed E-state index contributed by atoms with van der Waals surface area (Å²) in [5.41, 5.74) is 6.06. The smallest absolute Gasteiger partial charge is 0.166 e. The molecule has 1 heterocycles. The number of hydrogen-bond acceptors (Lipinski definition) is 4. The van der Waals surface area contributed by atoms with Crippen LogP contribution in [0.1, 0.15) is 12.8 Å². The summed E-state index contributed by atoms with van der Waals surface area (Å²) in [7, 11) is 0. The van der Waals surface area contributed by atoms with Crippen LogP contribution in [0.25, 0.3) is 0 Å². The molecule has 4 nitrogen and oxygen atoms in total. The van der Waals surface area contributed by atoms with Crippen molar-refractivity contribution in [3.05, 3.63) is 23.6 Å². The van der Waals surface area contributed by atoms with E-state index < -0.39 is 0 Å². The maximum Gasteiger partial charge on any atom is 0.166 e. The molecular weight excluding hydrogens is 180 g/mol. The molecule has 1 aliphatic heterocycles. The molecule has 0 aromatic heterocycles. The van der Waals surface area contributed by atoms with E-state index in [-0.39, 0.29) is 6.04 Å². The first kappa shape index (κ1) is 9.27. The Bertz CT molecular complexity index is 292. The molecular formula is C10H14N2O2. The van der Waals surface area contributed by atoms with E-state index >= 15 is 0 Å². The predicted molar refractivity (Wildman–Crippen MR) is 52.3 cm³/mol. The zero-order valence-corrected chi connectivity index (χ0v) is 7.90. The molecule has 4 heteroatoms. The summed E-state index contributed by atoms with van der Waals surface area (Å²) >= 11 is 0. The normalized spacial score (nSPS) is 25.9. The number of hydrogen-bond donors (Lipinski definition) is 2. The molecule has 2 rings (SSSR count). The summed E-state index contributed by atoms with van der Waals surface area (Å²) in [5.74, 6) is 0.767. The number of nitrogens with one attached hydrogen (secondary N) is 1. The fourth-order valence-electron chi connectivity index (χ4n) is 1.34. The highest BCUT2D eigenvalue weighted by atomic mass is 16.5. The minimum atomic E-state index is 0.00829. The van der Waals surface area contributed by atoms with E-state index in [1.807, 2.05) is 6.08 Å². The van der Waals surface area contributed by atoms with Gasteiger partial charge in [-0.05, 0) is 18.9 Å². The van der Waals surface area contributed by atoms with Gasteiger partial charge < -0.3 is 15.8 Å². The third kappa shape index (κ3) is 2.14. The maximum atomic E-state index is 10.6. The maximum absolute atomic E-state index is 10.6. The van der Waals surface area contributed by atoms with Crippen molar-refractivity contribution in [3.8, 4) is 0 Å². The Hall–Kier alpha value is -1.29. The lowest BCUT2D eigenvalue weighted by molar-refractivity contribution is -0.105. The van der Waals surface area contributed by atoms with Crippen LogP contribution >= 0.6 is 0 Å². The lowest BCUT2D eigenvalue weighted by Crippen LogP contribution is -2.36. The molecule has 1 aliphatic carbocycles. The third-order valence-electron chi connectivity index (χ3n) is 2.22. The van der Waals surface area contributed by atoms with Gasteiger partial charge in [0.1, 0.15) is 5.76 Å². The number of dihydropyridines is 1. The van der Waals surface area contributed by atoms with Crippen LogP contribution in [0, 0.1) is 0 Å². The number of ether oxygens (including phenoxy) is 1. The lowest BCUT2D eigenvalue weighted by Gasteiger charge is -2.20. The highest BCUT2D eigenvalue weighted by Gasteiger charge is 2.25. The topological polar surface area (TPSA) is 64.3 Å². The van der Waals surface area contributed by atoms with E-state index in [0.29, 0.717) is 18.3 Å². The van der Waals surface area contributed by atoms with Crippen molar-refractivity contribution in [1.29, 1.82) is 0 Å². The highest BCUT2D eigenvalue weighted by molar-refractivity contribution is 5.74. The van der Waals surface area contributed by atoms with Crippen molar-refractivity contribution >= 4 is 6.29 Å². The Balaban J connectivity index is 2.06. The zero-order chi connectivity index (χ0) is 9.97. The molecule has 0 bridgehead atoms. The SMILES string of the molecule is NCC1C=C(OC2CC2)C=C(C=O)N1. The molecule has 1 saturated carbocycles. The van der Waals surface area contributed by atoms with Crippen molar-refractivity contribution in [2.24, 2.45) is 5.73 Å². The van der Waals surface area contributed by atoms with E-state index in [9.17, 15) is 4.79 Å². The van der Waals surface area contributed by atoms with Crippen molar-refractivity contribution in [2.75, 3.05) is 6.54 Å². The summed E-state index contributed by atoms with van der Waals surface area (Å²) in [5, 5.41) is 2.99. The summed E-state index contributed by atoms with van der Waals surface area (Å²) in [6, 6.07) is 0.00829. The van der Waals surface area contributed by atoms with Gasteiger partial charge in [-0.2, -0.15) is 0 Å². The second-order valence-corrected chi connectivity index (χ2v) is 3.59. The van der Waals surface area contributed by atoms with Gasteiger partial charge >= 0.3 is 0 Å². The van der Waals surface area contributed by atoms with Gasteiger partial charge in [-0.15, -0.1) is 0 Å². The molecule has 0 amide bonds. The van der Waals surface area contributed by atoms with Gasteiger partial charge in [-0.1, -0.05) is 0 Å². The average molecular weight is 194 g/mol. The number of nitrogens with two attached hydrogens (primary N) is 1. The van der Waals surface area contributed by atoms with Crippen molar-refractivity contribution in [1.82, 2.24) is 5.32 Å². The molecule has 0 spiro atoms. The zero-order valence-electron chi connectivity index (χ0n) is 7.90. The molecule has 3 N–H and O–H groups in total. The minimum Gasteiger partial charge on any atom is -0.491 e. The second-order valence-electron chi connectivity index (χ2n) is 3.59. The number of allylic oxidation sites excluding steroid dienone is 2. The fraction of sp³-hybridized carbons (Fsp3) is 0.500. The van der Waals surface area contributed by atoms with E-state index in [1.165, 1.54) is 0 Å². The fourth-order valence-corrected chi connectivity index (χ4v) is 1.34. The van der Waals surface area contributed by atoms with E-state index in [2.05, 4.69) is 5.32 Å². The second kappa shape index (κ2) is 3.84. The largest absolute Gasteiger partial charge is 0.491 e. The van der Waals surface area contributed by atoms with Gasteiger partial charge in [0, 0.05) is 12.6 Å². The Labute approximate surface area is 82.8 Å². The monoisotopic (exact) mass is 194 g/mol. The molecule has 0 saturated heterocycles. The molecule has 0 aromatic carbocycles.